The third-order valence-electron chi connectivity index (χ3n) is 3.41. The van der Waals surface area contributed by atoms with E-state index in [2.05, 4.69) is 15.9 Å². The van der Waals surface area contributed by atoms with Gasteiger partial charge in [-0.25, -0.2) is 12.8 Å². The number of piperazine rings is 1. The molecule has 1 fully saturated rings. The fourth-order valence-corrected chi connectivity index (χ4v) is 3.57. The van der Waals surface area contributed by atoms with Crippen LogP contribution in [0.5, 0.6) is 0 Å². The molecular weight excluding hydrogens is 349 g/mol. The van der Waals surface area contributed by atoms with Crippen molar-refractivity contribution in [3.05, 3.63) is 28.0 Å². The molecule has 0 aromatic heterocycles. The van der Waals surface area contributed by atoms with Gasteiger partial charge in [-0.1, -0.05) is 6.07 Å². The van der Waals surface area contributed by atoms with Gasteiger partial charge in [0.05, 0.1) is 16.4 Å². The maximum Gasteiger partial charge on any atom is 0.211 e. The van der Waals surface area contributed by atoms with E-state index >= 15 is 0 Å². The van der Waals surface area contributed by atoms with Crippen molar-refractivity contribution in [2.45, 2.75) is 6.54 Å². The minimum Gasteiger partial charge on any atom is -0.366 e. The first-order valence-electron chi connectivity index (χ1n) is 6.21. The van der Waals surface area contributed by atoms with Crippen molar-refractivity contribution in [3.8, 4) is 0 Å². The maximum atomic E-state index is 14.3. The van der Waals surface area contributed by atoms with Crippen LogP contribution in [0.4, 0.5) is 10.1 Å². The van der Waals surface area contributed by atoms with Gasteiger partial charge in [0.1, 0.15) is 0 Å². The zero-order valence-corrected chi connectivity index (χ0v) is 13.5. The predicted molar refractivity (Wildman–Crippen MR) is 80.6 cm³/mol. The third-order valence-corrected chi connectivity index (χ3v) is 5.57. The normalized spacial score (nSPS) is 17.5. The van der Waals surface area contributed by atoms with Crippen molar-refractivity contribution in [2.75, 3.05) is 37.3 Å². The first-order valence-corrected chi connectivity index (χ1v) is 8.85. The van der Waals surface area contributed by atoms with Gasteiger partial charge in [0.2, 0.25) is 10.0 Å². The Morgan fingerprint density at radius 1 is 1.30 bits per heavy atom. The summed E-state index contributed by atoms with van der Waals surface area (Å²) in [5, 5.41) is 0. The van der Waals surface area contributed by atoms with Crippen molar-refractivity contribution < 1.29 is 12.8 Å². The molecule has 0 atom stereocenters. The van der Waals surface area contributed by atoms with E-state index in [0.29, 0.717) is 41.9 Å². The summed E-state index contributed by atoms with van der Waals surface area (Å²) in [5.41, 5.74) is 6.71. The molecule has 2 N–H and O–H groups in total. The third kappa shape index (κ3) is 3.13. The van der Waals surface area contributed by atoms with Crippen molar-refractivity contribution >= 4 is 31.6 Å². The molecule has 1 heterocycles. The number of hydrogen-bond acceptors (Lipinski definition) is 4. The number of rotatable bonds is 3. The molecule has 0 spiro atoms. The molecule has 0 radical (unpaired) electrons. The van der Waals surface area contributed by atoms with Crippen LogP contribution in [0.15, 0.2) is 16.6 Å². The van der Waals surface area contributed by atoms with Crippen molar-refractivity contribution in [1.29, 1.82) is 0 Å². The van der Waals surface area contributed by atoms with Crippen LogP contribution in [0.25, 0.3) is 0 Å². The molecule has 1 aromatic rings. The Bertz CT molecular complexity index is 601. The molecule has 1 aliphatic rings. The molecule has 1 aliphatic heterocycles. The van der Waals surface area contributed by atoms with E-state index in [4.69, 9.17) is 5.73 Å². The summed E-state index contributed by atoms with van der Waals surface area (Å²) in [7, 11) is -3.17. The monoisotopic (exact) mass is 365 g/mol. The topological polar surface area (TPSA) is 66.6 Å². The van der Waals surface area contributed by atoms with E-state index in [-0.39, 0.29) is 12.4 Å². The highest BCUT2D eigenvalue weighted by Crippen LogP contribution is 2.30. The average Bonchev–Trinajstić information content (AvgIpc) is 2.41. The van der Waals surface area contributed by atoms with Gasteiger partial charge >= 0.3 is 0 Å². The zero-order chi connectivity index (χ0) is 14.9. The van der Waals surface area contributed by atoms with Gasteiger partial charge in [0, 0.05) is 32.7 Å². The number of anilines is 1. The average molecular weight is 366 g/mol. The van der Waals surface area contributed by atoms with E-state index < -0.39 is 10.0 Å². The second-order valence-electron chi connectivity index (χ2n) is 4.72. The molecule has 1 aromatic carbocycles. The van der Waals surface area contributed by atoms with Crippen LogP contribution < -0.4 is 10.6 Å². The number of nitrogens with zero attached hydrogens (tertiary/aromatic N) is 2. The summed E-state index contributed by atoms with van der Waals surface area (Å²) in [4.78, 5) is 1.85. The Morgan fingerprint density at radius 3 is 2.40 bits per heavy atom. The van der Waals surface area contributed by atoms with Crippen LogP contribution >= 0.6 is 15.9 Å². The SMILES string of the molecule is CS(=O)(=O)N1CCN(c2ccc(CN)c(Br)c2F)CC1. The van der Waals surface area contributed by atoms with Crippen LogP contribution in [-0.4, -0.2) is 45.2 Å². The van der Waals surface area contributed by atoms with Gasteiger partial charge in [-0.05, 0) is 27.6 Å². The maximum absolute atomic E-state index is 14.3. The molecule has 5 nitrogen and oxygen atoms in total. The first kappa shape index (κ1) is 15.7. The highest BCUT2D eigenvalue weighted by molar-refractivity contribution is 9.10. The quantitative estimate of drug-likeness (QED) is 0.871. The van der Waals surface area contributed by atoms with Crippen LogP contribution in [0.1, 0.15) is 5.56 Å². The van der Waals surface area contributed by atoms with Gasteiger partial charge in [-0.15, -0.1) is 0 Å². The lowest BCUT2D eigenvalue weighted by atomic mass is 10.1. The standard InChI is InChI=1S/C12H17BrFN3O2S/c1-20(18,19)17-6-4-16(5-7-17)10-3-2-9(8-15)11(13)12(10)14/h2-3H,4-8,15H2,1H3. The number of hydrogen-bond donors (Lipinski definition) is 1. The highest BCUT2D eigenvalue weighted by Gasteiger charge is 2.25. The molecule has 20 heavy (non-hydrogen) atoms. The zero-order valence-electron chi connectivity index (χ0n) is 11.1. The van der Waals surface area contributed by atoms with Gasteiger partial charge < -0.3 is 10.6 Å². The molecule has 2 rings (SSSR count). The molecule has 0 bridgehead atoms. The Labute approximate surface area is 126 Å². The lowest BCUT2D eigenvalue weighted by Gasteiger charge is -2.35. The summed E-state index contributed by atoms with van der Waals surface area (Å²) in [5.74, 6) is -0.347. The van der Waals surface area contributed by atoms with Crippen LogP contribution in [0, 0.1) is 5.82 Å². The molecule has 0 saturated carbocycles. The molecule has 8 heteroatoms. The second-order valence-corrected chi connectivity index (χ2v) is 7.50. The van der Waals surface area contributed by atoms with E-state index in [0.717, 1.165) is 0 Å². The highest BCUT2D eigenvalue weighted by atomic mass is 79.9. The lowest BCUT2D eigenvalue weighted by molar-refractivity contribution is 0.386. The molecule has 0 aliphatic carbocycles. The molecule has 1 saturated heterocycles. The fourth-order valence-electron chi connectivity index (χ4n) is 2.24. The summed E-state index contributed by atoms with van der Waals surface area (Å²) in [6.07, 6.45) is 1.19. The lowest BCUT2D eigenvalue weighted by Crippen LogP contribution is -2.48. The van der Waals surface area contributed by atoms with E-state index in [1.807, 2.05) is 4.90 Å². The van der Waals surface area contributed by atoms with Crippen LogP contribution in [-0.2, 0) is 16.6 Å². The Kier molecular flexibility index (Phi) is 4.68. The van der Waals surface area contributed by atoms with E-state index in [1.165, 1.54) is 10.6 Å². The summed E-state index contributed by atoms with van der Waals surface area (Å²) < 4.78 is 39.0. The van der Waals surface area contributed by atoms with E-state index in [9.17, 15) is 12.8 Å². The Hall–Kier alpha value is -0.700. The smallest absolute Gasteiger partial charge is 0.211 e. The molecular formula is C12H17BrFN3O2S. The first-order chi connectivity index (χ1) is 9.34. The van der Waals surface area contributed by atoms with Gasteiger partial charge in [-0.3, -0.25) is 0 Å². The predicted octanol–water partition coefficient (Wildman–Crippen LogP) is 1.13. The number of halogens is 2. The minimum absolute atomic E-state index is 0.264. The van der Waals surface area contributed by atoms with Crippen LogP contribution in [0.3, 0.4) is 0 Å². The fraction of sp³-hybridized carbons (Fsp3) is 0.500. The Morgan fingerprint density at radius 2 is 1.90 bits per heavy atom. The van der Waals surface area contributed by atoms with Gasteiger partial charge in [0.25, 0.3) is 0 Å². The molecule has 0 unspecified atom stereocenters. The summed E-state index contributed by atoms with van der Waals surface area (Å²) in [6, 6.07) is 3.48. The van der Waals surface area contributed by atoms with Gasteiger partial charge in [-0.2, -0.15) is 4.31 Å². The van der Waals surface area contributed by atoms with Crippen molar-refractivity contribution in [2.24, 2.45) is 5.73 Å². The Balaban J connectivity index is 2.17. The molecule has 112 valence electrons. The number of nitrogens with two attached hydrogens (primary N) is 1. The number of sulfonamides is 1. The van der Waals surface area contributed by atoms with Crippen molar-refractivity contribution in [1.82, 2.24) is 4.31 Å². The molecule has 0 amide bonds. The summed E-state index contributed by atoms with van der Waals surface area (Å²) in [6.45, 7) is 1.94. The van der Waals surface area contributed by atoms with Crippen molar-refractivity contribution in [3.63, 3.8) is 0 Å². The van der Waals surface area contributed by atoms with E-state index in [1.54, 1.807) is 12.1 Å². The minimum atomic E-state index is -3.17. The van der Waals surface area contributed by atoms with Crippen LogP contribution in [0.2, 0.25) is 0 Å². The second kappa shape index (κ2) is 5.97. The largest absolute Gasteiger partial charge is 0.366 e. The number of benzene rings is 1. The van der Waals surface area contributed by atoms with Gasteiger partial charge in [0.15, 0.2) is 5.82 Å². The summed E-state index contributed by atoms with van der Waals surface area (Å²) >= 11 is 3.21.